The summed E-state index contributed by atoms with van der Waals surface area (Å²) in [5.41, 5.74) is 6.44. The van der Waals surface area contributed by atoms with Crippen molar-refractivity contribution in [3.05, 3.63) is 41.3 Å². The third-order valence-electron chi connectivity index (χ3n) is 3.18. The molecule has 96 valence electrons. The van der Waals surface area contributed by atoms with Crippen molar-refractivity contribution in [1.29, 1.82) is 0 Å². The first-order valence-electron chi connectivity index (χ1n) is 6.05. The van der Waals surface area contributed by atoms with E-state index in [-0.39, 0.29) is 11.5 Å². The second kappa shape index (κ2) is 4.31. The van der Waals surface area contributed by atoms with Gasteiger partial charge in [-0.1, -0.05) is 6.07 Å². The minimum absolute atomic E-state index is 0.0466. The van der Waals surface area contributed by atoms with Crippen LogP contribution in [0.15, 0.2) is 24.4 Å². The molecule has 0 atom stereocenters. The highest BCUT2D eigenvalue weighted by Crippen LogP contribution is 2.26. The monoisotopic (exact) mass is 256 g/mol. The van der Waals surface area contributed by atoms with E-state index in [2.05, 4.69) is 10.1 Å². The molecule has 0 spiro atoms. The molecule has 0 unspecified atom stereocenters. The Bertz CT molecular complexity index is 661. The molecule has 1 aliphatic carbocycles. The number of hydrogen-bond donors (Lipinski definition) is 1. The summed E-state index contributed by atoms with van der Waals surface area (Å²) in [6.07, 6.45) is 3.51. The van der Waals surface area contributed by atoms with Crippen LogP contribution in [0.25, 0.3) is 5.82 Å². The molecule has 2 heterocycles. The molecule has 0 aromatic carbocycles. The van der Waals surface area contributed by atoms with E-state index in [0.717, 1.165) is 12.1 Å². The fraction of sp³-hybridized carbons (Fsp3) is 0.231. The first kappa shape index (κ1) is 11.6. The van der Waals surface area contributed by atoms with Gasteiger partial charge in [-0.25, -0.2) is 9.67 Å². The lowest BCUT2D eigenvalue weighted by Gasteiger charge is -2.12. The van der Waals surface area contributed by atoms with E-state index in [9.17, 15) is 9.59 Å². The summed E-state index contributed by atoms with van der Waals surface area (Å²) >= 11 is 0. The molecule has 2 N–H and O–H groups in total. The number of nitrogens with two attached hydrogens (primary N) is 1. The highest BCUT2D eigenvalue weighted by Gasteiger charge is 2.29. The predicted molar refractivity (Wildman–Crippen MR) is 67.1 cm³/mol. The molecule has 0 bridgehead atoms. The van der Waals surface area contributed by atoms with Crippen molar-refractivity contribution in [2.24, 2.45) is 5.73 Å². The Balaban J connectivity index is 2.25. The van der Waals surface area contributed by atoms with E-state index < -0.39 is 5.91 Å². The molecular weight excluding hydrogens is 244 g/mol. The van der Waals surface area contributed by atoms with E-state index in [0.29, 0.717) is 24.2 Å². The summed E-state index contributed by atoms with van der Waals surface area (Å²) in [7, 11) is 0. The zero-order valence-corrected chi connectivity index (χ0v) is 10.2. The molecule has 2 aromatic rings. The van der Waals surface area contributed by atoms with Crippen LogP contribution in [0.5, 0.6) is 0 Å². The summed E-state index contributed by atoms with van der Waals surface area (Å²) in [5, 5.41) is 4.17. The predicted octanol–water partition coefficient (Wildman–Crippen LogP) is 0.885. The van der Waals surface area contributed by atoms with Crippen molar-refractivity contribution in [2.75, 3.05) is 0 Å². The van der Waals surface area contributed by atoms with Crippen molar-refractivity contribution >= 4 is 11.7 Å². The number of nitrogens with zero attached hydrogens (tertiary/aromatic N) is 3. The number of ketones is 1. The number of rotatable bonds is 2. The zero-order chi connectivity index (χ0) is 13.4. The van der Waals surface area contributed by atoms with E-state index in [1.807, 2.05) is 6.07 Å². The van der Waals surface area contributed by atoms with Crippen molar-refractivity contribution in [3.8, 4) is 5.82 Å². The van der Waals surface area contributed by atoms with Gasteiger partial charge in [-0.2, -0.15) is 5.10 Å². The summed E-state index contributed by atoms with van der Waals surface area (Å²) in [4.78, 5) is 27.6. The Morgan fingerprint density at radius 2 is 2.16 bits per heavy atom. The van der Waals surface area contributed by atoms with Crippen molar-refractivity contribution in [3.63, 3.8) is 0 Å². The number of aromatic nitrogens is 3. The van der Waals surface area contributed by atoms with Gasteiger partial charge in [0.15, 0.2) is 17.3 Å². The second-order valence-electron chi connectivity index (χ2n) is 4.41. The second-order valence-corrected chi connectivity index (χ2v) is 4.41. The summed E-state index contributed by atoms with van der Waals surface area (Å²) in [6, 6.07) is 5.39. The van der Waals surface area contributed by atoms with E-state index in [1.54, 1.807) is 23.0 Å². The summed E-state index contributed by atoms with van der Waals surface area (Å²) in [6.45, 7) is 0. The molecule has 3 rings (SSSR count). The summed E-state index contributed by atoms with van der Waals surface area (Å²) < 4.78 is 1.55. The first-order chi connectivity index (χ1) is 9.18. The average Bonchev–Trinajstić information content (AvgIpc) is 2.81. The van der Waals surface area contributed by atoms with Gasteiger partial charge < -0.3 is 5.73 Å². The van der Waals surface area contributed by atoms with Gasteiger partial charge >= 0.3 is 0 Å². The van der Waals surface area contributed by atoms with Gasteiger partial charge in [-0.15, -0.1) is 0 Å². The van der Waals surface area contributed by atoms with Gasteiger partial charge in [0.25, 0.3) is 5.91 Å². The van der Waals surface area contributed by atoms with Crippen LogP contribution < -0.4 is 5.73 Å². The Labute approximate surface area is 109 Å². The highest BCUT2D eigenvalue weighted by atomic mass is 16.1. The van der Waals surface area contributed by atoms with Crippen molar-refractivity contribution < 1.29 is 9.59 Å². The van der Waals surface area contributed by atoms with Gasteiger partial charge in [0, 0.05) is 12.6 Å². The van der Waals surface area contributed by atoms with Crippen LogP contribution in [0.3, 0.4) is 0 Å². The molecule has 0 radical (unpaired) electrons. The normalized spacial score (nSPS) is 14.2. The van der Waals surface area contributed by atoms with Crippen LogP contribution in [0.2, 0.25) is 0 Å². The lowest BCUT2D eigenvalue weighted by Crippen LogP contribution is -2.18. The van der Waals surface area contributed by atoms with Gasteiger partial charge in [-0.3, -0.25) is 9.59 Å². The maximum atomic E-state index is 12.0. The summed E-state index contributed by atoms with van der Waals surface area (Å²) in [5.74, 6) is -0.167. The fourth-order valence-electron chi connectivity index (χ4n) is 2.36. The van der Waals surface area contributed by atoms with Crippen molar-refractivity contribution in [2.45, 2.75) is 19.3 Å². The quantitative estimate of drug-likeness (QED) is 0.863. The topological polar surface area (TPSA) is 90.9 Å². The molecule has 0 saturated carbocycles. The molecule has 6 heteroatoms. The minimum Gasteiger partial charge on any atom is -0.364 e. The molecule has 19 heavy (non-hydrogen) atoms. The minimum atomic E-state index is -0.679. The number of pyridine rings is 1. The molecule has 6 nitrogen and oxygen atoms in total. The number of fused-ring (bicyclic) bond motifs is 1. The average molecular weight is 256 g/mol. The van der Waals surface area contributed by atoms with Gasteiger partial charge in [0.2, 0.25) is 0 Å². The van der Waals surface area contributed by atoms with E-state index in [4.69, 9.17) is 5.73 Å². The fourth-order valence-corrected chi connectivity index (χ4v) is 2.36. The van der Waals surface area contributed by atoms with Crippen LogP contribution in [0, 0.1) is 0 Å². The van der Waals surface area contributed by atoms with Crippen LogP contribution in [0.4, 0.5) is 0 Å². The standard InChI is InChI=1S/C13H12N4O2/c14-13(19)12-11-8(4-3-5-9(11)18)17(16-12)10-6-1-2-7-15-10/h1-2,6-7H,3-5H2,(H2,14,19). The lowest BCUT2D eigenvalue weighted by molar-refractivity contribution is 0.0948. The SMILES string of the molecule is NC(=O)c1nn(-c2ccccn2)c2c1C(=O)CCC2. The molecular formula is C13H12N4O2. The Morgan fingerprint density at radius 1 is 1.32 bits per heavy atom. The molecule has 1 amide bonds. The Morgan fingerprint density at radius 3 is 2.84 bits per heavy atom. The number of carbonyl (C=O) groups is 2. The molecule has 2 aromatic heterocycles. The van der Waals surface area contributed by atoms with Gasteiger partial charge in [0.1, 0.15) is 0 Å². The largest absolute Gasteiger partial charge is 0.364 e. The number of Topliss-reactive ketones (excluding diaryl/α,β-unsaturated/α-hetero) is 1. The van der Waals surface area contributed by atoms with E-state index in [1.165, 1.54) is 0 Å². The Hall–Kier alpha value is -2.50. The third kappa shape index (κ3) is 1.81. The Kier molecular flexibility index (Phi) is 2.63. The smallest absolute Gasteiger partial charge is 0.269 e. The highest BCUT2D eigenvalue weighted by molar-refractivity contribution is 6.08. The molecule has 1 aliphatic rings. The van der Waals surface area contributed by atoms with Crippen LogP contribution in [-0.4, -0.2) is 26.5 Å². The van der Waals surface area contributed by atoms with E-state index >= 15 is 0 Å². The number of primary amides is 1. The zero-order valence-electron chi connectivity index (χ0n) is 10.2. The number of amides is 1. The lowest BCUT2D eigenvalue weighted by atomic mass is 9.94. The van der Waals surface area contributed by atoms with Crippen molar-refractivity contribution in [1.82, 2.24) is 14.8 Å². The van der Waals surface area contributed by atoms with Gasteiger partial charge in [-0.05, 0) is 25.0 Å². The molecule has 0 saturated heterocycles. The first-order valence-corrected chi connectivity index (χ1v) is 6.05. The van der Waals surface area contributed by atoms with Crippen LogP contribution in [-0.2, 0) is 6.42 Å². The van der Waals surface area contributed by atoms with Crippen LogP contribution >= 0.6 is 0 Å². The maximum Gasteiger partial charge on any atom is 0.269 e. The molecule has 0 fully saturated rings. The third-order valence-corrected chi connectivity index (χ3v) is 3.18. The maximum absolute atomic E-state index is 12.0. The van der Waals surface area contributed by atoms with Crippen LogP contribution in [0.1, 0.15) is 39.4 Å². The molecule has 0 aliphatic heterocycles. The van der Waals surface area contributed by atoms with Gasteiger partial charge in [0.05, 0.1) is 11.3 Å². The number of hydrogen-bond acceptors (Lipinski definition) is 4. The number of carbonyl (C=O) groups excluding carboxylic acids is 2.